The van der Waals surface area contributed by atoms with Crippen LogP contribution in [-0.2, 0) is 5.41 Å². The second-order valence-corrected chi connectivity index (χ2v) is 10.1. The number of nitrogens with zero attached hydrogens (tertiary/aromatic N) is 2. The highest BCUT2D eigenvalue weighted by Crippen LogP contribution is 2.51. The van der Waals surface area contributed by atoms with Gasteiger partial charge in [0, 0.05) is 17.2 Å². The van der Waals surface area contributed by atoms with Crippen molar-refractivity contribution in [3.8, 4) is 33.7 Å². The van der Waals surface area contributed by atoms with Crippen molar-refractivity contribution in [2.24, 2.45) is 0 Å². The average molecular weight is 490 g/mol. The van der Waals surface area contributed by atoms with Gasteiger partial charge in [-0.05, 0) is 55.2 Å². The first kappa shape index (κ1) is 23.3. The summed E-state index contributed by atoms with van der Waals surface area (Å²) >= 11 is 0. The highest BCUT2D eigenvalue weighted by Gasteiger charge is 2.42. The van der Waals surface area contributed by atoms with Gasteiger partial charge in [0.25, 0.3) is 0 Å². The quantitative estimate of drug-likeness (QED) is 0.236. The molecule has 37 heavy (non-hydrogen) atoms. The molecule has 0 amide bonds. The first-order valence-electron chi connectivity index (χ1n) is 13.0. The topological polar surface area (TPSA) is 64.1 Å². The zero-order valence-electron chi connectivity index (χ0n) is 21.5. The van der Waals surface area contributed by atoms with Gasteiger partial charge < -0.3 is 14.4 Å². The van der Waals surface area contributed by atoms with Gasteiger partial charge in [-0.2, -0.15) is 0 Å². The lowest BCUT2D eigenvalue weighted by molar-refractivity contribution is 0.375. The summed E-state index contributed by atoms with van der Waals surface area (Å²) in [4.78, 5) is 0. The van der Waals surface area contributed by atoms with Crippen LogP contribution >= 0.6 is 0 Å². The van der Waals surface area contributed by atoms with E-state index in [4.69, 9.17) is 9.05 Å². The smallest absolute Gasteiger partial charge is 0.190 e. The molecule has 2 heterocycles. The van der Waals surface area contributed by atoms with Gasteiger partial charge in [0.15, 0.2) is 11.5 Å². The Balaban J connectivity index is 1.20. The predicted molar refractivity (Wildman–Crippen MR) is 147 cm³/mol. The summed E-state index contributed by atoms with van der Waals surface area (Å²) in [5.41, 5.74) is 8.79. The molecule has 6 rings (SSSR count). The van der Waals surface area contributed by atoms with E-state index in [0.29, 0.717) is 11.2 Å². The molecule has 0 bridgehead atoms. The van der Waals surface area contributed by atoms with Crippen molar-refractivity contribution in [2.45, 2.75) is 51.5 Å². The molecule has 1 aliphatic carbocycles. The van der Waals surface area contributed by atoms with E-state index in [1.807, 2.05) is 50.2 Å². The third kappa shape index (κ3) is 4.46. The Labute approximate surface area is 217 Å². The van der Waals surface area contributed by atoms with Crippen LogP contribution in [0.4, 0.5) is 5.69 Å². The summed E-state index contributed by atoms with van der Waals surface area (Å²) in [5, 5.41) is 12.0. The van der Waals surface area contributed by atoms with Gasteiger partial charge in [-0.25, -0.2) is 0 Å². The maximum Gasteiger partial charge on any atom is 0.190 e. The molecule has 5 aromatic rings. The summed E-state index contributed by atoms with van der Waals surface area (Å²) in [6, 6.07) is 29.4. The fraction of sp³-hybridized carbons (Fsp3) is 0.250. The molecule has 1 saturated carbocycles. The molecule has 5 heteroatoms. The highest BCUT2D eigenvalue weighted by atomic mass is 16.5. The molecule has 5 nitrogen and oxygen atoms in total. The van der Waals surface area contributed by atoms with Gasteiger partial charge in [-0.1, -0.05) is 96.1 Å². The largest absolute Gasteiger partial charge is 0.371 e. The standard InChI is InChI=1S/C32H31N3O2/c1-4-32(18-19-32)27-16-14-24(15-17-27)23-10-12-26(13-11-23)31-30(22(3)34-37-31)33-21(2)29-20-28(35-36-29)25-8-6-5-7-9-25/h5-17,20-21,33H,4,18-19H2,1-3H3. The van der Waals surface area contributed by atoms with E-state index in [1.54, 1.807) is 0 Å². The van der Waals surface area contributed by atoms with Gasteiger partial charge in [-0.3, -0.25) is 0 Å². The zero-order chi connectivity index (χ0) is 25.4. The van der Waals surface area contributed by atoms with Crippen molar-refractivity contribution in [1.29, 1.82) is 0 Å². The van der Waals surface area contributed by atoms with Crippen LogP contribution < -0.4 is 5.32 Å². The molecule has 2 aromatic heterocycles. The minimum absolute atomic E-state index is 0.113. The number of hydrogen-bond donors (Lipinski definition) is 1. The molecule has 3 aromatic carbocycles. The van der Waals surface area contributed by atoms with Crippen molar-refractivity contribution in [3.63, 3.8) is 0 Å². The lowest BCUT2D eigenvalue weighted by Crippen LogP contribution is -2.06. The summed E-state index contributed by atoms with van der Waals surface area (Å²) in [6.45, 7) is 6.28. The molecule has 0 saturated heterocycles. The summed E-state index contributed by atoms with van der Waals surface area (Å²) < 4.78 is 11.4. The fourth-order valence-electron chi connectivity index (χ4n) is 5.09. The van der Waals surface area contributed by atoms with Gasteiger partial charge in [0.2, 0.25) is 0 Å². The maximum absolute atomic E-state index is 5.75. The Bertz CT molecular complexity index is 1490. The normalized spacial score (nSPS) is 14.9. The number of aryl methyl sites for hydroxylation is 1. The highest BCUT2D eigenvalue weighted by molar-refractivity contribution is 5.77. The number of benzene rings is 3. The van der Waals surface area contributed by atoms with Crippen LogP contribution in [0.1, 0.15) is 56.2 Å². The van der Waals surface area contributed by atoms with E-state index in [0.717, 1.165) is 34.0 Å². The Kier molecular flexibility index (Phi) is 5.91. The fourth-order valence-corrected chi connectivity index (χ4v) is 5.09. The van der Waals surface area contributed by atoms with Gasteiger partial charge in [0.05, 0.1) is 6.04 Å². The van der Waals surface area contributed by atoms with Gasteiger partial charge in [0.1, 0.15) is 17.1 Å². The first-order valence-corrected chi connectivity index (χ1v) is 13.0. The Morgan fingerprint density at radius 1 is 0.811 bits per heavy atom. The van der Waals surface area contributed by atoms with Gasteiger partial charge in [-0.15, -0.1) is 0 Å². The first-order chi connectivity index (χ1) is 18.1. The molecule has 1 N–H and O–H groups in total. The van der Waals surface area contributed by atoms with E-state index in [2.05, 4.69) is 71.1 Å². The minimum Gasteiger partial charge on any atom is -0.371 e. The van der Waals surface area contributed by atoms with Crippen molar-refractivity contribution < 1.29 is 9.05 Å². The summed E-state index contributed by atoms with van der Waals surface area (Å²) in [5.74, 6) is 1.47. The lowest BCUT2D eigenvalue weighted by Gasteiger charge is -2.14. The Hall–Kier alpha value is -4.12. The average Bonchev–Trinajstić information content (AvgIpc) is 3.44. The molecule has 1 unspecified atom stereocenters. The van der Waals surface area contributed by atoms with E-state index >= 15 is 0 Å². The van der Waals surface area contributed by atoms with Crippen LogP contribution in [0.25, 0.3) is 33.7 Å². The van der Waals surface area contributed by atoms with Crippen LogP contribution in [0.3, 0.4) is 0 Å². The number of aromatic nitrogens is 2. The van der Waals surface area contributed by atoms with E-state index in [-0.39, 0.29) is 6.04 Å². The number of anilines is 1. The van der Waals surface area contributed by atoms with E-state index < -0.39 is 0 Å². The van der Waals surface area contributed by atoms with Gasteiger partial charge >= 0.3 is 0 Å². The number of hydrogen-bond acceptors (Lipinski definition) is 5. The molecule has 1 fully saturated rings. The lowest BCUT2D eigenvalue weighted by atomic mass is 9.91. The second kappa shape index (κ2) is 9.40. The molecular formula is C32H31N3O2. The molecule has 0 radical (unpaired) electrons. The summed E-state index contributed by atoms with van der Waals surface area (Å²) in [7, 11) is 0. The third-order valence-electron chi connectivity index (χ3n) is 7.76. The van der Waals surface area contributed by atoms with Crippen LogP contribution in [-0.4, -0.2) is 10.3 Å². The number of rotatable bonds is 8. The molecule has 1 atom stereocenters. The predicted octanol–water partition coefficient (Wildman–Crippen LogP) is 8.59. The Morgan fingerprint density at radius 3 is 2.11 bits per heavy atom. The maximum atomic E-state index is 5.75. The van der Waals surface area contributed by atoms with E-state index in [1.165, 1.54) is 36.0 Å². The van der Waals surface area contributed by atoms with Crippen LogP contribution in [0.5, 0.6) is 0 Å². The molecule has 0 spiro atoms. The van der Waals surface area contributed by atoms with Crippen LogP contribution in [0.2, 0.25) is 0 Å². The number of nitrogens with one attached hydrogen (secondary N) is 1. The zero-order valence-corrected chi connectivity index (χ0v) is 21.5. The molecule has 0 aliphatic heterocycles. The summed E-state index contributed by atoms with van der Waals surface area (Å²) in [6.07, 6.45) is 3.85. The molecule has 186 valence electrons. The SMILES string of the molecule is CCC1(c2ccc(-c3ccc(-c4onc(C)c4NC(C)c4cc(-c5ccccc5)no4)cc3)cc2)CC1. The third-order valence-corrected chi connectivity index (χ3v) is 7.76. The van der Waals surface area contributed by atoms with Crippen LogP contribution in [0, 0.1) is 6.92 Å². The second-order valence-electron chi connectivity index (χ2n) is 10.1. The minimum atomic E-state index is -0.113. The Morgan fingerprint density at radius 2 is 1.46 bits per heavy atom. The monoisotopic (exact) mass is 489 g/mol. The molecule has 1 aliphatic rings. The van der Waals surface area contributed by atoms with Crippen molar-refractivity contribution in [1.82, 2.24) is 10.3 Å². The molecular weight excluding hydrogens is 458 g/mol. The van der Waals surface area contributed by atoms with Crippen LogP contribution in [0.15, 0.2) is 94.0 Å². The van der Waals surface area contributed by atoms with Crippen molar-refractivity contribution in [3.05, 3.63) is 102 Å². The van der Waals surface area contributed by atoms with E-state index in [9.17, 15) is 0 Å². The van der Waals surface area contributed by atoms with Crippen molar-refractivity contribution in [2.75, 3.05) is 5.32 Å². The van der Waals surface area contributed by atoms with Crippen molar-refractivity contribution >= 4 is 5.69 Å².